The van der Waals surface area contributed by atoms with Crippen molar-refractivity contribution >= 4 is 0 Å². The lowest BCUT2D eigenvalue weighted by molar-refractivity contribution is -0.00265. The molecule has 4 nitrogen and oxygen atoms in total. The molecule has 0 saturated carbocycles. The van der Waals surface area contributed by atoms with Crippen LogP contribution in [0.2, 0.25) is 0 Å². The van der Waals surface area contributed by atoms with E-state index >= 15 is 0 Å². The molecule has 0 aromatic carbocycles. The molecule has 0 bridgehead atoms. The van der Waals surface area contributed by atoms with E-state index in [2.05, 4.69) is 10.3 Å². The van der Waals surface area contributed by atoms with E-state index in [1.54, 1.807) is 13.1 Å². The molecule has 1 aromatic rings. The van der Waals surface area contributed by atoms with Crippen LogP contribution in [0, 0.1) is 0 Å². The fourth-order valence-corrected chi connectivity index (χ4v) is 1.73. The lowest BCUT2D eigenvalue weighted by Crippen LogP contribution is -2.29. The molecular weight excluding hydrogens is 192 g/mol. The number of hydrogen-bond donors (Lipinski definition) is 3. The van der Waals surface area contributed by atoms with Crippen LogP contribution in [0.3, 0.4) is 0 Å². The fraction of sp³-hybridized carbons (Fsp3) is 0.545. The summed E-state index contributed by atoms with van der Waals surface area (Å²) in [6, 6.07) is 1.94. The Labute approximate surface area is 89.0 Å². The summed E-state index contributed by atoms with van der Waals surface area (Å²) in [5.74, 6) is 0. The first-order valence-electron chi connectivity index (χ1n) is 5.16. The number of fused-ring (bicyclic) bond motifs is 1. The summed E-state index contributed by atoms with van der Waals surface area (Å²) in [5.41, 5.74) is 1.71. The minimum atomic E-state index is -1.19. The topological polar surface area (TPSA) is 65.4 Å². The van der Waals surface area contributed by atoms with Gasteiger partial charge in [0.15, 0.2) is 0 Å². The number of rotatable bonds is 2. The number of nitrogens with zero attached hydrogens (tertiary/aromatic N) is 1. The first-order chi connectivity index (χ1) is 7.13. The van der Waals surface area contributed by atoms with E-state index < -0.39 is 5.60 Å². The van der Waals surface area contributed by atoms with Crippen molar-refractivity contribution in [3.05, 3.63) is 29.1 Å². The molecule has 4 heteroatoms. The highest BCUT2D eigenvalue weighted by molar-refractivity contribution is 5.30. The standard InChI is InChI=1S/C11H16N2O2/c1-11(15,7-14)9-4-8-2-3-12-6-10(8)13-5-9/h4-5,12,14-15H,2-3,6-7H2,1H3. The van der Waals surface area contributed by atoms with Crippen molar-refractivity contribution in [1.82, 2.24) is 10.3 Å². The fourth-order valence-electron chi connectivity index (χ4n) is 1.73. The number of pyridine rings is 1. The van der Waals surface area contributed by atoms with Gasteiger partial charge < -0.3 is 15.5 Å². The first kappa shape index (κ1) is 10.5. The Bertz CT molecular complexity index is 364. The third kappa shape index (κ3) is 2.02. The smallest absolute Gasteiger partial charge is 0.111 e. The molecule has 3 N–H and O–H groups in total. The van der Waals surface area contributed by atoms with E-state index in [4.69, 9.17) is 5.11 Å². The number of nitrogens with one attached hydrogen (secondary N) is 1. The predicted molar refractivity (Wildman–Crippen MR) is 56.3 cm³/mol. The van der Waals surface area contributed by atoms with Crippen LogP contribution in [-0.2, 0) is 18.6 Å². The summed E-state index contributed by atoms with van der Waals surface area (Å²) in [7, 11) is 0. The average Bonchev–Trinajstić information content (AvgIpc) is 2.28. The second-order valence-electron chi connectivity index (χ2n) is 4.19. The molecule has 0 radical (unpaired) electrons. The quantitative estimate of drug-likeness (QED) is 0.636. The van der Waals surface area contributed by atoms with Crippen LogP contribution < -0.4 is 5.32 Å². The van der Waals surface area contributed by atoms with Crippen molar-refractivity contribution in [3.8, 4) is 0 Å². The van der Waals surface area contributed by atoms with Crippen molar-refractivity contribution in [2.45, 2.75) is 25.5 Å². The van der Waals surface area contributed by atoms with Gasteiger partial charge in [-0.15, -0.1) is 0 Å². The maximum Gasteiger partial charge on any atom is 0.111 e. The van der Waals surface area contributed by atoms with Crippen molar-refractivity contribution in [3.63, 3.8) is 0 Å². The van der Waals surface area contributed by atoms with Crippen molar-refractivity contribution < 1.29 is 10.2 Å². The maximum atomic E-state index is 9.89. The molecule has 0 fully saturated rings. The highest BCUT2D eigenvalue weighted by atomic mass is 16.3. The van der Waals surface area contributed by atoms with Gasteiger partial charge in [-0.2, -0.15) is 0 Å². The second kappa shape index (κ2) is 3.89. The summed E-state index contributed by atoms with van der Waals surface area (Å²) in [6.07, 6.45) is 2.57. The Morgan fingerprint density at radius 3 is 3.13 bits per heavy atom. The van der Waals surface area contributed by atoms with Gasteiger partial charge in [-0.3, -0.25) is 4.98 Å². The molecule has 0 amide bonds. The maximum absolute atomic E-state index is 9.89. The van der Waals surface area contributed by atoms with E-state index in [1.807, 2.05) is 6.07 Å². The van der Waals surface area contributed by atoms with Crippen LogP contribution in [0.25, 0.3) is 0 Å². The lowest BCUT2D eigenvalue weighted by Gasteiger charge is -2.23. The van der Waals surface area contributed by atoms with Crippen LogP contribution in [0.4, 0.5) is 0 Å². The van der Waals surface area contributed by atoms with Gasteiger partial charge in [-0.1, -0.05) is 0 Å². The van der Waals surface area contributed by atoms with Crippen LogP contribution in [0.1, 0.15) is 23.7 Å². The molecule has 1 unspecified atom stereocenters. The van der Waals surface area contributed by atoms with Gasteiger partial charge in [0.25, 0.3) is 0 Å². The zero-order chi connectivity index (χ0) is 10.9. The first-order valence-corrected chi connectivity index (χ1v) is 5.16. The summed E-state index contributed by atoms with van der Waals surface area (Å²) in [4.78, 5) is 4.30. The molecule has 82 valence electrons. The monoisotopic (exact) mass is 208 g/mol. The second-order valence-corrected chi connectivity index (χ2v) is 4.19. The SMILES string of the molecule is CC(O)(CO)c1cnc2c(c1)CCNC2. The van der Waals surface area contributed by atoms with Gasteiger partial charge in [0.1, 0.15) is 5.60 Å². The molecule has 1 aliphatic heterocycles. The van der Waals surface area contributed by atoms with E-state index in [0.717, 1.165) is 25.2 Å². The number of aliphatic hydroxyl groups is 2. The summed E-state index contributed by atoms with van der Waals surface area (Å²) >= 11 is 0. The Morgan fingerprint density at radius 1 is 1.60 bits per heavy atom. The molecule has 0 aliphatic carbocycles. The summed E-state index contributed by atoms with van der Waals surface area (Å²) in [5, 5.41) is 22.2. The highest BCUT2D eigenvalue weighted by Crippen LogP contribution is 2.22. The molecule has 1 aromatic heterocycles. The van der Waals surface area contributed by atoms with Crippen LogP contribution in [-0.4, -0.2) is 28.3 Å². The summed E-state index contributed by atoms with van der Waals surface area (Å²) in [6.45, 7) is 3.04. The minimum absolute atomic E-state index is 0.286. The van der Waals surface area contributed by atoms with Crippen LogP contribution in [0.15, 0.2) is 12.3 Å². The highest BCUT2D eigenvalue weighted by Gasteiger charge is 2.23. The molecule has 0 saturated heterocycles. The zero-order valence-electron chi connectivity index (χ0n) is 8.82. The van der Waals surface area contributed by atoms with E-state index in [-0.39, 0.29) is 6.61 Å². The molecule has 2 heterocycles. The van der Waals surface area contributed by atoms with E-state index in [1.165, 1.54) is 5.56 Å². The van der Waals surface area contributed by atoms with Gasteiger partial charge in [0.2, 0.25) is 0 Å². The van der Waals surface area contributed by atoms with E-state index in [9.17, 15) is 5.11 Å². The normalized spacial score (nSPS) is 19.4. The zero-order valence-corrected chi connectivity index (χ0v) is 8.82. The molecule has 1 aliphatic rings. The van der Waals surface area contributed by atoms with Crippen LogP contribution in [0.5, 0.6) is 0 Å². The molecule has 1 atom stereocenters. The summed E-state index contributed by atoms with van der Waals surface area (Å²) < 4.78 is 0. The van der Waals surface area contributed by atoms with Gasteiger partial charge in [0, 0.05) is 18.3 Å². The van der Waals surface area contributed by atoms with Crippen molar-refractivity contribution in [1.29, 1.82) is 0 Å². The van der Waals surface area contributed by atoms with Gasteiger partial charge in [0.05, 0.1) is 12.3 Å². The molecule has 0 spiro atoms. The third-order valence-electron chi connectivity index (χ3n) is 2.85. The largest absolute Gasteiger partial charge is 0.393 e. The number of aliphatic hydroxyl groups excluding tert-OH is 1. The van der Waals surface area contributed by atoms with Crippen LogP contribution >= 0.6 is 0 Å². The third-order valence-corrected chi connectivity index (χ3v) is 2.85. The Balaban J connectivity index is 2.36. The Kier molecular flexibility index (Phi) is 2.73. The lowest BCUT2D eigenvalue weighted by atomic mass is 9.95. The molecular formula is C11H16N2O2. The Morgan fingerprint density at radius 2 is 2.40 bits per heavy atom. The molecule has 2 rings (SSSR count). The van der Waals surface area contributed by atoms with E-state index in [0.29, 0.717) is 5.56 Å². The van der Waals surface area contributed by atoms with Gasteiger partial charge >= 0.3 is 0 Å². The Hall–Kier alpha value is -0.970. The van der Waals surface area contributed by atoms with Gasteiger partial charge in [-0.25, -0.2) is 0 Å². The number of aromatic nitrogens is 1. The van der Waals surface area contributed by atoms with Gasteiger partial charge in [-0.05, 0) is 31.5 Å². The van der Waals surface area contributed by atoms with Crippen molar-refractivity contribution in [2.24, 2.45) is 0 Å². The minimum Gasteiger partial charge on any atom is -0.393 e. The van der Waals surface area contributed by atoms with Crippen molar-refractivity contribution in [2.75, 3.05) is 13.2 Å². The molecule has 15 heavy (non-hydrogen) atoms. The number of hydrogen-bond acceptors (Lipinski definition) is 4. The average molecular weight is 208 g/mol. The predicted octanol–water partition coefficient (Wildman–Crippen LogP) is -0.0729.